The molecule has 0 aromatic rings. The molecule has 0 aromatic carbocycles. The summed E-state index contributed by atoms with van der Waals surface area (Å²) in [4.78, 5) is 12.3. The van der Waals surface area contributed by atoms with Crippen LogP contribution in [0.1, 0.15) is 127 Å². The van der Waals surface area contributed by atoms with E-state index in [-0.39, 0.29) is 66.7 Å². The Morgan fingerprint density at radius 1 is 0.719 bits per heavy atom. The monoisotopic (exact) mass is 915 g/mol. The molecule has 7 aliphatic heterocycles. The molecule has 24 unspecified atom stereocenters. The fourth-order valence-corrected chi connectivity index (χ4v) is 13.1. The van der Waals surface area contributed by atoms with Crippen molar-refractivity contribution in [3.8, 4) is 0 Å². The number of methoxy groups -OCH3 is 4. The molecule has 7 aliphatic rings. The Hall–Kier alpha value is -1.09. The van der Waals surface area contributed by atoms with Crippen LogP contribution in [0.5, 0.6) is 0 Å². The molecule has 16 heteroatoms. The zero-order valence-electron chi connectivity index (χ0n) is 41.0. The summed E-state index contributed by atoms with van der Waals surface area (Å²) in [5.74, 6) is -7.62. The van der Waals surface area contributed by atoms with Gasteiger partial charge in [-0.1, -0.05) is 34.6 Å². The Morgan fingerprint density at radius 2 is 1.41 bits per heavy atom. The summed E-state index contributed by atoms with van der Waals surface area (Å²) in [7, 11) is 6.51. The summed E-state index contributed by atoms with van der Waals surface area (Å²) in [6.07, 6.45) is 0.640. The fraction of sp³-hybridized carbons (Fsp3) is 0.979. The van der Waals surface area contributed by atoms with E-state index in [0.29, 0.717) is 25.7 Å². The van der Waals surface area contributed by atoms with Gasteiger partial charge in [0.25, 0.3) is 0 Å². The normalized spacial score (nSPS) is 54.1. The fourth-order valence-electron chi connectivity index (χ4n) is 13.1. The van der Waals surface area contributed by atoms with E-state index in [1.165, 1.54) is 14.0 Å². The first-order chi connectivity index (χ1) is 30.0. The average Bonchev–Trinajstić information content (AvgIpc) is 3.94. The molecule has 0 saturated carbocycles. The Morgan fingerprint density at radius 3 is 2.03 bits per heavy atom. The minimum Gasteiger partial charge on any atom is -0.481 e. The summed E-state index contributed by atoms with van der Waals surface area (Å²) in [6, 6.07) is 0. The number of ether oxygens (including phenoxy) is 12. The van der Waals surface area contributed by atoms with Crippen molar-refractivity contribution >= 4 is 5.97 Å². The van der Waals surface area contributed by atoms with E-state index in [1.807, 2.05) is 13.8 Å². The molecule has 24 atom stereocenters. The van der Waals surface area contributed by atoms with Crippen LogP contribution in [0.3, 0.4) is 0 Å². The Bertz CT molecular complexity index is 1600. The number of carbonyl (C=O) groups is 1. The first-order valence-corrected chi connectivity index (χ1v) is 24.2. The van der Waals surface area contributed by atoms with Gasteiger partial charge in [0, 0.05) is 77.8 Å². The van der Waals surface area contributed by atoms with Crippen LogP contribution in [-0.4, -0.2) is 158 Å². The van der Waals surface area contributed by atoms with E-state index in [0.717, 1.165) is 25.7 Å². The predicted octanol–water partition coefficient (Wildman–Crippen LogP) is 5.59. The van der Waals surface area contributed by atoms with Crippen molar-refractivity contribution in [2.24, 2.45) is 35.5 Å². The van der Waals surface area contributed by atoms with E-state index in [2.05, 4.69) is 34.6 Å². The van der Waals surface area contributed by atoms with E-state index >= 15 is 0 Å². The van der Waals surface area contributed by atoms with E-state index in [9.17, 15) is 20.1 Å². The molecule has 7 heterocycles. The Labute approximate surface area is 381 Å². The van der Waals surface area contributed by atoms with Gasteiger partial charge in [0.2, 0.25) is 0 Å². The van der Waals surface area contributed by atoms with Gasteiger partial charge in [0.1, 0.15) is 18.1 Å². The van der Waals surface area contributed by atoms with Crippen LogP contribution in [-0.2, 0) is 61.6 Å². The van der Waals surface area contributed by atoms with Crippen LogP contribution in [0.2, 0.25) is 0 Å². The first-order valence-electron chi connectivity index (χ1n) is 24.2. The van der Waals surface area contributed by atoms with Crippen molar-refractivity contribution in [1.82, 2.24) is 0 Å². The quantitative estimate of drug-likeness (QED) is 0.207. The van der Waals surface area contributed by atoms with Gasteiger partial charge in [-0.05, 0) is 72.6 Å². The third-order valence-electron chi connectivity index (χ3n) is 17.2. The standard InChI is InChI=1S/C48H82O16/c1-24-19-25(2)46(10,51)62-39(24)33-15-17-37(58-33)44(8)23-36(59-38-18-16-32(53-11)30(7)57-38)42(63-44)45(9)22-26(3)48(64-45)27(4)34(54-12)20-31(60-48)21-35-41(56-14)40(55-13)28(5)47(52,61-35)29(6)43(49)50/h24-42,51-52H,15-23H2,1-14H3,(H,49,50). The van der Waals surface area contributed by atoms with Crippen LogP contribution >= 0.6 is 0 Å². The largest absolute Gasteiger partial charge is 0.481 e. The molecule has 0 radical (unpaired) electrons. The van der Waals surface area contributed by atoms with E-state index < -0.39 is 89.3 Å². The molecule has 7 fully saturated rings. The lowest BCUT2D eigenvalue weighted by molar-refractivity contribution is -0.371. The second kappa shape index (κ2) is 19.0. The number of aliphatic carboxylic acids is 1. The van der Waals surface area contributed by atoms with Crippen LogP contribution in [0, 0.1) is 35.5 Å². The van der Waals surface area contributed by atoms with Crippen LogP contribution in [0.25, 0.3) is 0 Å². The zero-order chi connectivity index (χ0) is 46.9. The topological polar surface area (TPSA) is 189 Å². The lowest BCUT2D eigenvalue weighted by atomic mass is 9.76. The highest BCUT2D eigenvalue weighted by atomic mass is 16.7. The highest BCUT2D eigenvalue weighted by Gasteiger charge is 2.67. The lowest BCUT2D eigenvalue weighted by Gasteiger charge is -2.53. The summed E-state index contributed by atoms with van der Waals surface area (Å²) in [6.45, 7) is 19.6. The van der Waals surface area contributed by atoms with Crippen molar-refractivity contribution < 1.29 is 77.0 Å². The number of hydrogen-bond acceptors (Lipinski definition) is 15. The maximum Gasteiger partial charge on any atom is 0.311 e. The minimum atomic E-state index is -2.03. The summed E-state index contributed by atoms with van der Waals surface area (Å²) < 4.78 is 78.9. The van der Waals surface area contributed by atoms with Gasteiger partial charge < -0.3 is 72.2 Å². The van der Waals surface area contributed by atoms with Crippen LogP contribution in [0.15, 0.2) is 0 Å². The number of carboxylic acids is 1. The van der Waals surface area contributed by atoms with Gasteiger partial charge in [-0.15, -0.1) is 0 Å². The van der Waals surface area contributed by atoms with Crippen LogP contribution < -0.4 is 0 Å². The smallest absolute Gasteiger partial charge is 0.311 e. The second-order valence-corrected chi connectivity index (χ2v) is 21.5. The maximum absolute atomic E-state index is 12.3. The van der Waals surface area contributed by atoms with E-state index in [1.54, 1.807) is 35.2 Å². The third-order valence-corrected chi connectivity index (χ3v) is 17.2. The molecule has 0 aliphatic carbocycles. The molecule has 370 valence electrons. The number of rotatable bonds is 13. The summed E-state index contributed by atoms with van der Waals surface area (Å²) in [5.41, 5.74) is -1.65. The minimum absolute atomic E-state index is 0.0136. The van der Waals surface area contributed by atoms with Gasteiger partial charge in [0.05, 0.1) is 72.2 Å². The molecule has 64 heavy (non-hydrogen) atoms. The summed E-state index contributed by atoms with van der Waals surface area (Å²) >= 11 is 0. The molecule has 0 aromatic heterocycles. The molecule has 7 rings (SSSR count). The average molecular weight is 915 g/mol. The van der Waals surface area contributed by atoms with Crippen molar-refractivity contribution in [2.75, 3.05) is 28.4 Å². The van der Waals surface area contributed by atoms with Gasteiger partial charge in [0.15, 0.2) is 23.7 Å². The molecule has 3 N–H and O–H groups in total. The van der Waals surface area contributed by atoms with Crippen molar-refractivity contribution in [3.63, 3.8) is 0 Å². The lowest BCUT2D eigenvalue weighted by Crippen LogP contribution is -2.65. The third kappa shape index (κ3) is 9.11. The predicted molar refractivity (Wildman–Crippen MR) is 231 cm³/mol. The molecule has 0 amide bonds. The van der Waals surface area contributed by atoms with E-state index in [4.69, 9.17) is 56.8 Å². The number of aliphatic hydroxyl groups is 2. The first kappa shape index (κ1) is 50.8. The molecular weight excluding hydrogens is 833 g/mol. The van der Waals surface area contributed by atoms with Crippen molar-refractivity contribution in [1.29, 1.82) is 0 Å². The highest BCUT2D eigenvalue weighted by Crippen LogP contribution is 2.57. The second-order valence-electron chi connectivity index (χ2n) is 21.5. The van der Waals surface area contributed by atoms with Crippen molar-refractivity contribution in [2.45, 2.75) is 235 Å². The van der Waals surface area contributed by atoms with Gasteiger partial charge in [-0.25, -0.2) is 0 Å². The number of carboxylic acid groups (broad SMARTS) is 1. The molecular formula is C48H82O16. The maximum atomic E-state index is 12.3. The SMILES string of the molecule is COC1CCC(OC2CC(C)(C3CCC(C4OC(C)(O)C(C)CC4C)O3)OC2C2(C)CC(C)C3(OC(CC4OC(O)(C(C)C(=O)O)C(C)C(OC)C4OC)CC(OC)C3C)O2)OC1C. The highest BCUT2D eigenvalue weighted by molar-refractivity contribution is 5.70. The Balaban J connectivity index is 1.15. The summed E-state index contributed by atoms with van der Waals surface area (Å²) in [5, 5.41) is 33.0. The van der Waals surface area contributed by atoms with Crippen molar-refractivity contribution in [3.05, 3.63) is 0 Å². The van der Waals surface area contributed by atoms with Gasteiger partial charge >= 0.3 is 5.97 Å². The molecule has 1 spiro atoms. The van der Waals surface area contributed by atoms with Gasteiger partial charge in [-0.2, -0.15) is 0 Å². The van der Waals surface area contributed by atoms with Gasteiger partial charge in [-0.3, -0.25) is 4.79 Å². The molecule has 0 bridgehead atoms. The molecule has 7 saturated heterocycles. The van der Waals surface area contributed by atoms with Crippen LogP contribution in [0.4, 0.5) is 0 Å². The number of hydrogen-bond donors (Lipinski definition) is 3. The zero-order valence-corrected chi connectivity index (χ0v) is 41.0. The molecule has 16 nitrogen and oxygen atoms in total. The Kier molecular flexibility index (Phi) is 15.1.